The fourth-order valence-electron chi connectivity index (χ4n) is 1.34. The zero-order valence-corrected chi connectivity index (χ0v) is 6.39. The lowest BCUT2D eigenvalue weighted by Crippen LogP contribution is -2.44. The molecule has 60 valence electrons. The van der Waals surface area contributed by atoms with Gasteiger partial charge in [-0.3, -0.25) is 4.90 Å². The molecular formula is C7H15FN2. The summed E-state index contributed by atoms with van der Waals surface area (Å²) in [4.78, 5) is 1.82. The molecule has 2 unspecified atom stereocenters. The van der Waals surface area contributed by atoms with E-state index < -0.39 is 6.30 Å². The van der Waals surface area contributed by atoms with Gasteiger partial charge in [0.15, 0.2) is 6.30 Å². The van der Waals surface area contributed by atoms with Crippen LogP contribution in [0.5, 0.6) is 0 Å². The zero-order valence-electron chi connectivity index (χ0n) is 6.39. The fourth-order valence-corrected chi connectivity index (χ4v) is 1.34. The van der Waals surface area contributed by atoms with E-state index in [-0.39, 0.29) is 6.04 Å². The number of hydrogen-bond donors (Lipinski definition) is 1. The molecule has 2 N–H and O–H groups in total. The van der Waals surface area contributed by atoms with Crippen LogP contribution in [0.3, 0.4) is 0 Å². The van der Waals surface area contributed by atoms with Crippen molar-refractivity contribution >= 4 is 0 Å². The lowest BCUT2D eigenvalue weighted by Gasteiger charge is -2.32. The average Bonchev–Trinajstić information content (AvgIpc) is 1.88. The van der Waals surface area contributed by atoms with Crippen LogP contribution in [0.4, 0.5) is 4.39 Å². The van der Waals surface area contributed by atoms with Gasteiger partial charge < -0.3 is 5.73 Å². The second kappa shape index (κ2) is 3.30. The van der Waals surface area contributed by atoms with Crippen LogP contribution in [-0.2, 0) is 0 Å². The van der Waals surface area contributed by atoms with Crippen molar-refractivity contribution in [2.24, 2.45) is 5.73 Å². The summed E-state index contributed by atoms with van der Waals surface area (Å²) in [5.74, 6) is 0. The number of nitrogens with two attached hydrogens (primary N) is 1. The molecule has 1 heterocycles. The first-order valence-corrected chi connectivity index (χ1v) is 3.87. The quantitative estimate of drug-likeness (QED) is 0.552. The van der Waals surface area contributed by atoms with Crippen molar-refractivity contribution in [2.45, 2.75) is 32.1 Å². The summed E-state index contributed by atoms with van der Waals surface area (Å²) in [6.45, 7) is 3.59. The summed E-state index contributed by atoms with van der Waals surface area (Å²) in [7, 11) is 0. The largest absolute Gasteiger partial charge is 0.328 e. The molecule has 0 amide bonds. The first-order chi connectivity index (χ1) is 4.74. The third-order valence-corrected chi connectivity index (χ3v) is 2.09. The first kappa shape index (κ1) is 7.95. The highest BCUT2D eigenvalue weighted by atomic mass is 19.1. The summed E-state index contributed by atoms with van der Waals surface area (Å²) in [6.07, 6.45) is 0.649. The van der Waals surface area contributed by atoms with E-state index in [2.05, 4.69) is 0 Å². The summed E-state index contributed by atoms with van der Waals surface area (Å²) in [6, 6.07) is 0.0813. The predicted molar refractivity (Wildman–Crippen MR) is 39.4 cm³/mol. The van der Waals surface area contributed by atoms with E-state index in [1.54, 1.807) is 0 Å². The Bertz CT molecular complexity index is 108. The maximum atomic E-state index is 12.9. The number of alkyl halides is 1. The Hall–Kier alpha value is -0.150. The Kier molecular flexibility index (Phi) is 2.63. The SMILES string of the molecule is CCN1CCC(N)CC1F. The molecule has 2 nitrogen and oxygen atoms in total. The van der Waals surface area contributed by atoms with Gasteiger partial charge in [0.25, 0.3) is 0 Å². The minimum absolute atomic E-state index is 0.0813. The second-order valence-corrected chi connectivity index (χ2v) is 2.85. The van der Waals surface area contributed by atoms with Crippen LogP contribution in [0.2, 0.25) is 0 Å². The van der Waals surface area contributed by atoms with Gasteiger partial charge in [-0.25, -0.2) is 4.39 Å². The fraction of sp³-hybridized carbons (Fsp3) is 1.00. The van der Waals surface area contributed by atoms with Crippen LogP contribution in [0.25, 0.3) is 0 Å². The normalized spacial score (nSPS) is 36.3. The third kappa shape index (κ3) is 1.67. The number of nitrogens with zero attached hydrogens (tertiary/aromatic N) is 1. The molecule has 0 bridgehead atoms. The van der Waals surface area contributed by atoms with Gasteiger partial charge in [-0.05, 0) is 13.0 Å². The molecule has 0 radical (unpaired) electrons. The predicted octanol–water partition coefficient (Wildman–Crippen LogP) is 0.725. The number of likely N-dealkylation sites (tertiary alicyclic amines) is 1. The number of piperidine rings is 1. The Morgan fingerprint density at radius 1 is 1.70 bits per heavy atom. The van der Waals surface area contributed by atoms with Gasteiger partial charge in [-0.2, -0.15) is 0 Å². The van der Waals surface area contributed by atoms with E-state index in [9.17, 15) is 4.39 Å². The van der Waals surface area contributed by atoms with Crippen molar-refractivity contribution in [3.8, 4) is 0 Å². The molecule has 1 saturated heterocycles. The van der Waals surface area contributed by atoms with Gasteiger partial charge in [-0.15, -0.1) is 0 Å². The molecule has 0 spiro atoms. The van der Waals surface area contributed by atoms with Crippen LogP contribution in [-0.4, -0.2) is 30.3 Å². The van der Waals surface area contributed by atoms with Crippen LogP contribution in [0.15, 0.2) is 0 Å². The molecule has 1 aliphatic rings. The smallest absolute Gasteiger partial charge is 0.155 e. The first-order valence-electron chi connectivity index (χ1n) is 3.87. The highest BCUT2D eigenvalue weighted by molar-refractivity contribution is 4.76. The Morgan fingerprint density at radius 2 is 2.40 bits per heavy atom. The number of hydrogen-bond acceptors (Lipinski definition) is 2. The molecule has 0 aromatic carbocycles. The van der Waals surface area contributed by atoms with Crippen molar-refractivity contribution in [1.82, 2.24) is 4.90 Å². The van der Waals surface area contributed by atoms with E-state index in [0.29, 0.717) is 6.42 Å². The molecule has 3 heteroatoms. The van der Waals surface area contributed by atoms with Crippen molar-refractivity contribution in [1.29, 1.82) is 0 Å². The third-order valence-electron chi connectivity index (χ3n) is 2.09. The maximum absolute atomic E-state index is 12.9. The van der Waals surface area contributed by atoms with Gasteiger partial charge in [0.1, 0.15) is 0 Å². The molecule has 2 atom stereocenters. The van der Waals surface area contributed by atoms with Crippen molar-refractivity contribution in [3.63, 3.8) is 0 Å². The van der Waals surface area contributed by atoms with Gasteiger partial charge in [0.2, 0.25) is 0 Å². The van der Waals surface area contributed by atoms with E-state index in [1.807, 2.05) is 11.8 Å². The van der Waals surface area contributed by atoms with Gasteiger partial charge >= 0.3 is 0 Å². The molecule has 1 aliphatic heterocycles. The van der Waals surface area contributed by atoms with Crippen molar-refractivity contribution in [2.75, 3.05) is 13.1 Å². The topological polar surface area (TPSA) is 29.3 Å². The van der Waals surface area contributed by atoms with E-state index in [1.165, 1.54) is 0 Å². The summed E-state index contributed by atoms with van der Waals surface area (Å²) < 4.78 is 12.9. The Labute approximate surface area is 61.2 Å². The molecule has 0 aliphatic carbocycles. The molecular weight excluding hydrogens is 131 g/mol. The maximum Gasteiger partial charge on any atom is 0.155 e. The van der Waals surface area contributed by atoms with Gasteiger partial charge in [-0.1, -0.05) is 6.92 Å². The standard InChI is InChI=1S/C7H15FN2/c1-2-10-4-3-6(9)5-7(10)8/h6-7H,2-5,9H2,1H3. The molecule has 10 heavy (non-hydrogen) atoms. The Morgan fingerprint density at radius 3 is 2.90 bits per heavy atom. The lowest BCUT2D eigenvalue weighted by atomic mass is 10.1. The van der Waals surface area contributed by atoms with E-state index >= 15 is 0 Å². The van der Waals surface area contributed by atoms with Crippen molar-refractivity contribution < 1.29 is 4.39 Å². The summed E-state index contributed by atoms with van der Waals surface area (Å²) in [5.41, 5.74) is 5.58. The van der Waals surface area contributed by atoms with Crippen LogP contribution in [0, 0.1) is 0 Å². The highest BCUT2D eigenvalue weighted by Gasteiger charge is 2.24. The Balaban J connectivity index is 2.36. The van der Waals surface area contributed by atoms with Crippen molar-refractivity contribution in [3.05, 3.63) is 0 Å². The molecule has 1 fully saturated rings. The van der Waals surface area contributed by atoms with Crippen LogP contribution in [0.1, 0.15) is 19.8 Å². The van der Waals surface area contributed by atoms with Crippen LogP contribution < -0.4 is 5.73 Å². The molecule has 0 aromatic heterocycles. The van der Waals surface area contributed by atoms with E-state index in [0.717, 1.165) is 19.5 Å². The highest BCUT2D eigenvalue weighted by Crippen LogP contribution is 2.16. The molecule has 0 aromatic rings. The van der Waals surface area contributed by atoms with E-state index in [4.69, 9.17) is 5.73 Å². The zero-order chi connectivity index (χ0) is 7.56. The second-order valence-electron chi connectivity index (χ2n) is 2.85. The minimum Gasteiger partial charge on any atom is -0.328 e. The summed E-state index contributed by atoms with van der Waals surface area (Å²) >= 11 is 0. The molecule has 1 rings (SSSR count). The van der Waals surface area contributed by atoms with Gasteiger partial charge in [0.05, 0.1) is 0 Å². The lowest BCUT2D eigenvalue weighted by molar-refractivity contribution is 0.0432. The number of halogens is 1. The van der Waals surface area contributed by atoms with Crippen LogP contribution >= 0.6 is 0 Å². The monoisotopic (exact) mass is 146 g/mol. The molecule has 0 saturated carbocycles. The van der Waals surface area contributed by atoms with Gasteiger partial charge in [0, 0.05) is 19.0 Å². The minimum atomic E-state index is -0.797. The summed E-state index contributed by atoms with van der Waals surface area (Å²) in [5, 5.41) is 0. The number of rotatable bonds is 1. The average molecular weight is 146 g/mol.